The van der Waals surface area contributed by atoms with Gasteiger partial charge in [-0.1, -0.05) is 45.0 Å². The number of thiazole rings is 1. The molecule has 1 aliphatic rings. The molecule has 1 N–H and O–H groups in total. The van der Waals surface area contributed by atoms with E-state index in [9.17, 15) is 14.7 Å². The molecule has 0 spiro atoms. The molecule has 4 rings (SSSR count). The lowest BCUT2D eigenvalue weighted by atomic mass is 9.85. The summed E-state index contributed by atoms with van der Waals surface area (Å²) in [4.78, 5) is 35.4. The molecule has 1 aliphatic heterocycles. The van der Waals surface area contributed by atoms with Crippen LogP contribution in [0.5, 0.6) is 0 Å². The fourth-order valence-corrected chi connectivity index (χ4v) is 5.23. The number of amides is 1. The van der Waals surface area contributed by atoms with E-state index in [1.807, 2.05) is 74.4 Å². The number of carbonyl (C=O) groups excluding carboxylic acids is 2. The summed E-state index contributed by atoms with van der Waals surface area (Å²) in [5.41, 5.74) is 4.13. The predicted octanol–water partition coefficient (Wildman–Crippen LogP) is 5.91. The number of benzene rings is 2. The Kier molecular flexibility index (Phi) is 6.32. The molecule has 1 aromatic heterocycles. The molecule has 3 aromatic rings. The van der Waals surface area contributed by atoms with E-state index in [2.05, 4.69) is 25.8 Å². The number of nitrogens with zero attached hydrogens (tertiary/aromatic N) is 3. The van der Waals surface area contributed by atoms with Gasteiger partial charge in [-0.25, -0.2) is 4.98 Å². The maximum Gasteiger partial charge on any atom is 0.294 e. The Bertz CT molecular complexity index is 1310. The fourth-order valence-electron chi connectivity index (χ4n) is 4.36. The normalized spacial score (nSPS) is 16.3. The molecule has 0 bridgehead atoms. The summed E-state index contributed by atoms with van der Waals surface area (Å²) in [5.74, 6) is -1.46. The smallest absolute Gasteiger partial charge is 0.294 e. The number of carbonyl (C=O) groups is 2. The lowest BCUT2D eigenvalue weighted by Gasteiger charge is -2.28. The molecule has 0 fully saturated rings. The number of Topliss-reactive ketones (excluding diaryl/α,β-unsaturated/α-hetero) is 1. The molecule has 182 valence electrons. The van der Waals surface area contributed by atoms with Gasteiger partial charge in [0.05, 0.1) is 27.2 Å². The Morgan fingerprint density at radius 3 is 2.11 bits per heavy atom. The third-order valence-corrected chi connectivity index (χ3v) is 7.37. The Morgan fingerprint density at radius 1 is 1.03 bits per heavy atom. The predicted molar refractivity (Wildman–Crippen MR) is 142 cm³/mol. The molecule has 0 saturated carbocycles. The van der Waals surface area contributed by atoms with Gasteiger partial charge in [0.25, 0.3) is 5.91 Å². The van der Waals surface area contributed by atoms with Crippen LogP contribution in [0.3, 0.4) is 0 Å². The maximum absolute atomic E-state index is 13.7. The van der Waals surface area contributed by atoms with Crippen molar-refractivity contribution < 1.29 is 14.7 Å². The molecule has 7 heteroatoms. The van der Waals surface area contributed by atoms with Crippen LogP contribution in [0.15, 0.2) is 59.9 Å². The van der Waals surface area contributed by atoms with Crippen molar-refractivity contribution in [1.29, 1.82) is 0 Å². The van der Waals surface area contributed by atoms with Crippen LogP contribution in [-0.4, -0.2) is 35.9 Å². The Balaban J connectivity index is 1.86. The second kappa shape index (κ2) is 8.96. The minimum atomic E-state index is -0.754. The lowest BCUT2D eigenvalue weighted by Crippen LogP contribution is -2.31. The number of hydrogen-bond donors (Lipinski definition) is 1. The first kappa shape index (κ1) is 24.7. The second-order valence-electron chi connectivity index (χ2n) is 10.1. The van der Waals surface area contributed by atoms with Crippen molar-refractivity contribution >= 4 is 34.4 Å². The summed E-state index contributed by atoms with van der Waals surface area (Å²) < 4.78 is 0. The molecule has 1 amide bonds. The lowest BCUT2D eigenvalue weighted by molar-refractivity contribution is -0.117. The van der Waals surface area contributed by atoms with Crippen LogP contribution >= 0.6 is 11.3 Å². The third kappa shape index (κ3) is 4.48. The van der Waals surface area contributed by atoms with E-state index in [4.69, 9.17) is 0 Å². The van der Waals surface area contributed by atoms with Crippen molar-refractivity contribution in [1.82, 2.24) is 4.98 Å². The first-order chi connectivity index (χ1) is 16.4. The molecule has 1 unspecified atom stereocenters. The number of aliphatic hydroxyl groups is 1. The van der Waals surface area contributed by atoms with Crippen molar-refractivity contribution in [2.75, 3.05) is 23.9 Å². The summed E-state index contributed by atoms with van der Waals surface area (Å²) in [6, 6.07) is 14.7. The second-order valence-corrected chi connectivity index (χ2v) is 11.3. The first-order valence-electron chi connectivity index (χ1n) is 11.5. The average molecular weight is 490 g/mol. The highest BCUT2D eigenvalue weighted by molar-refractivity contribution is 7.14. The van der Waals surface area contributed by atoms with Gasteiger partial charge >= 0.3 is 0 Å². The zero-order valence-corrected chi connectivity index (χ0v) is 22.0. The summed E-state index contributed by atoms with van der Waals surface area (Å²) in [6.07, 6.45) is 0. The Morgan fingerprint density at radius 2 is 1.63 bits per heavy atom. The molecule has 2 aromatic carbocycles. The van der Waals surface area contributed by atoms with E-state index in [-0.39, 0.29) is 16.8 Å². The molecule has 0 aliphatic carbocycles. The number of aryl methyl sites for hydroxylation is 2. The third-order valence-electron chi connectivity index (χ3n) is 6.30. The van der Waals surface area contributed by atoms with Crippen molar-refractivity contribution in [2.45, 2.75) is 46.1 Å². The molecule has 0 radical (unpaired) electrons. The maximum atomic E-state index is 13.7. The van der Waals surface area contributed by atoms with Crippen molar-refractivity contribution in [3.63, 3.8) is 0 Å². The number of aliphatic hydroxyl groups excluding tert-OH is 1. The zero-order valence-electron chi connectivity index (χ0n) is 21.2. The number of hydrogen-bond acceptors (Lipinski definition) is 6. The largest absolute Gasteiger partial charge is 0.503 e. The van der Waals surface area contributed by atoms with Gasteiger partial charge in [-0.05, 0) is 54.7 Å². The number of rotatable bonds is 5. The topological polar surface area (TPSA) is 73.7 Å². The summed E-state index contributed by atoms with van der Waals surface area (Å²) in [6.45, 7) is 10.0. The number of anilines is 2. The highest BCUT2D eigenvalue weighted by atomic mass is 32.1. The molecule has 0 saturated heterocycles. The highest BCUT2D eigenvalue weighted by Crippen LogP contribution is 2.43. The molecular weight excluding hydrogens is 458 g/mol. The fraction of sp³-hybridized carbons (Fsp3) is 0.321. The van der Waals surface area contributed by atoms with E-state index in [0.29, 0.717) is 16.3 Å². The van der Waals surface area contributed by atoms with E-state index in [0.717, 1.165) is 21.8 Å². The van der Waals surface area contributed by atoms with E-state index in [1.54, 1.807) is 6.92 Å². The summed E-state index contributed by atoms with van der Waals surface area (Å²) in [7, 11) is 3.89. The minimum Gasteiger partial charge on any atom is -0.503 e. The Hall–Kier alpha value is -3.45. The van der Waals surface area contributed by atoms with Crippen LogP contribution in [0, 0.1) is 13.8 Å². The van der Waals surface area contributed by atoms with Crippen molar-refractivity contribution in [3.05, 3.63) is 86.6 Å². The summed E-state index contributed by atoms with van der Waals surface area (Å²) in [5, 5.41) is 11.8. The van der Waals surface area contributed by atoms with Gasteiger partial charge < -0.3 is 10.0 Å². The first-order valence-corrected chi connectivity index (χ1v) is 12.3. The van der Waals surface area contributed by atoms with Gasteiger partial charge in [-0.3, -0.25) is 14.5 Å². The standard InChI is InChI=1S/C28H31N3O3S/c1-16-26(35-17(2)29-16)24(32)22-23(18-8-10-19(11-9-18)28(3,4)5)31(27(34)25(22)33)21-14-12-20(13-15-21)30(6)7/h8-15,23,33H,1-7H3. The Labute approximate surface area is 210 Å². The molecular formula is C28H31N3O3S. The molecule has 6 nitrogen and oxygen atoms in total. The van der Waals surface area contributed by atoms with Gasteiger partial charge in [-0.2, -0.15) is 0 Å². The van der Waals surface area contributed by atoms with Gasteiger partial charge in [0.15, 0.2) is 5.76 Å². The van der Waals surface area contributed by atoms with Crippen LogP contribution in [0.2, 0.25) is 0 Å². The van der Waals surface area contributed by atoms with Crippen LogP contribution in [0.25, 0.3) is 0 Å². The molecule has 1 atom stereocenters. The van der Waals surface area contributed by atoms with Gasteiger partial charge in [-0.15, -0.1) is 11.3 Å². The van der Waals surface area contributed by atoms with E-state index in [1.165, 1.54) is 16.2 Å². The zero-order chi connectivity index (χ0) is 25.7. The van der Waals surface area contributed by atoms with Gasteiger partial charge in [0.2, 0.25) is 5.78 Å². The van der Waals surface area contributed by atoms with Crippen LogP contribution in [0.4, 0.5) is 11.4 Å². The van der Waals surface area contributed by atoms with Crippen LogP contribution in [-0.2, 0) is 10.2 Å². The van der Waals surface area contributed by atoms with E-state index < -0.39 is 17.7 Å². The SMILES string of the molecule is Cc1nc(C)c(C(=O)C2=C(O)C(=O)N(c3ccc(N(C)C)cc3)C2c2ccc(C(C)(C)C)cc2)s1. The summed E-state index contributed by atoms with van der Waals surface area (Å²) >= 11 is 1.28. The highest BCUT2D eigenvalue weighted by Gasteiger charge is 2.45. The van der Waals surface area contributed by atoms with E-state index >= 15 is 0 Å². The van der Waals surface area contributed by atoms with Crippen LogP contribution in [0.1, 0.15) is 58.3 Å². The minimum absolute atomic E-state index is 0.0420. The monoisotopic (exact) mass is 489 g/mol. The number of ketones is 1. The van der Waals surface area contributed by atoms with Gasteiger partial charge in [0.1, 0.15) is 0 Å². The van der Waals surface area contributed by atoms with Crippen LogP contribution < -0.4 is 9.80 Å². The number of aromatic nitrogens is 1. The van der Waals surface area contributed by atoms with Crippen molar-refractivity contribution in [2.24, 2.45) is 0 Å². The molecule has 35 heavy (non-hydrogen) atoms. The molecule has 2 heterocycles. The average Bonchev–Trinajstić information content (AvgIpc) is 3.28. The van der Waals surface area contributed by atoms with Crippen molar-refractivity contribution in [3.8, 4) is 0 Å². The quantitative estimate of drug-likeness (QED) is 0.451. The van der Waals surface area contributed by atoms with Gasteiger partial charge in [0, 0.05) is 25.5 Å².